The van der Waals surface area contributed by atoms with Gasteiger partial charge in [-0.15, -0.1) is 11.3 Å². The van der Waals surface area contributed by atoms with Gasteiger partial charge in [0, 0.05) is 12.3 Å². The van der Waals surface area contributed by atoms with Gasteiger partial charge >= 0.3 is 12.1 Å². The highest BCUT2D eigenvalue weighted by atomic mass is 32.2. The maximum atomic E-state index is 13.0. The highest BCUT2D eigenvalue weighted by molar-refractivity contribution is 7.89. The molecule has 9 nitrogen and oxygen atoms in total. The van der Waals surface area contributed by atoms with Gasteiger partial charge in [0.25, 0.3) is 10.0 Å². The molecule has 0 unspecified atom stereocenters. The third kappa shape index (κ3) is 5.33. The van der Waals surface area contributed by atoms with E-state index < -0.39 is 44.5 Å². The number of benzene rings is 1. The van der Waals surface area contributed by atoms with Crippen LogP contribution in [0.3, 0.4) is 0 Å². The minimum atomic E-state index is -4.59. The maximum Gasteiger partial charge on any atom is 0.416 e. The molecule has 0 fully saturated rings. The summed E-state index contributed by atoms with van der Waals surface area (Å²) in [5.41, 5.74) is -0.754. The van der Waals surface area contributed by atoms with Gasteiger partial charge in [0.15, 0.2) is 5.13 Å². The van der Waals surface area contributed by atoms with E-state index in [0.29, 0.717) is 0 Å². The summed E-state index contributed by atoms with van der Waals surface area (Å²) in [6.45, 7) is 0.802. The number of nitrogens with zero attached hydrogens (tertiary/aromatic N) is 2. The van der Waals surface area contributed by atoms with Crippen molar-refractivity contribution in [3.8, 4) is 0 Å². The molecule has 170 valence electrons. The van der Waals surface area contributed by atoms with E-state index in [1.807, 2.05) is 0 Å². The Hall–Kier alpha value is -3.23. The number of sulfonamides is 1. The lowest BCUT2D eigenvalue weighted by molar-refractivity contribution is -0.137. The number of anilines is 2. The Morgan fingerprint density at radius 2 is 1.97 bits per heavy atom. The van der Waals surface area contributed by atoms with Gasteiger partial charge in [-0.3, -0.25) is 9.69 Å². The molecule has 3 rings (SSSR count). The third-order valence-corrected chi connectivity index (χ3v) is 5.55. The Morgan fingerprint density at radius 1 is 1.25 bits per heavy atom. The van der Waals surface area contributed by atoms with Crippen LogP contribution >= 0.6 is 11.3 Å². The van der Waals surface area contributed by atoms with Gasteiger partial charge in [0.2, 0.25) is 16.8 Å². The van der Waals surface area contributed by atoms with Crippen molar-refractivity contribution in [1.82, 2.24) is 4.98 Å². The van der Waals surface area contributed by atoms with Crippen molar-refractivity contribution in [2.75, 3.05) is 4.90 Å². The highest BCUT2D eigenvalue weighted by Gasteiger charge is 2.31. The summed E-state index contributed by atoms with van der Waals surface area (Å²) in [6, 6.07) is 6.26. The number of furan rings is 1. The van der Waals surface area contributed by atoms with Crippen molar-refractivity contribution in [3.05, 3.63) is 58.8 Å². The monoisotopic (exact) mass is 489 g/mol. The summed E-state index contributed by atoms with van der Waals surface area (Å²) in [5.74, 6) is -1.97. The Balaban J connectivity index is 1.75. The van der Waals surface area contributed by atoms with E-state index in [2.05, 4.69) is 4.98 Å². The van der Waals surface area contributed by atoms with Crippen molar-refractivity contribution in [2.24, 2.45) is 5.14 Å². The third-order valence-electron chi connectivity index (χ3n) is 3.89. The van der Waals surface area contributed by atoms with Gasteiger partial charge in [0.1, 0.15) is 6.61 Å². The molecule has 0 aliphatic carbocycles. The predicted molar refractivity (Wildman–Crippen MR) is 106 cm³/mol. The molecule has 0 bridgehead atoms. The van der Waals surface area contributed by atoms with Gasteiger partial charge in [-0.1, -0.05) is 6.07 Å². The fourth-order valence-electron chi connectivity index (χ4n) is 2.51. The first-order valence-electron chi connectivity index (χ1n) is 8.58. The second-order valence-corrected chi connectivity index (χ2v) is 8.59. The first-order chi connectivity index (χ1) is 14.9. The number of carbonyl (C=O) groups is 2. The van der Waals surface area contributed by atoms with E-state index in [1.165, 1.54) is 24.4 Å². The van der Waals surface area contributed by atoms with Gasteiger partial charge < -0.3 is 9.15 Å². The van der Waals surface area contributed by atoms with Crippen molar-refractivity contribution in [1.29, 1.82) is 0 Å². The van der Waals surface area contributed by atoms with Crippen LogP contribution in [0.1, 0.15) is 28.7 Å². The summed E-state index contributed by atoms with van der Waals surface area (Å²) in [4.78, 5) is 29.2. The molecule has 2 aromatic heterocycles. The number of halogens is 3. The zero-order chi connectivity index (χ0) is 23.7. The second kappa shape index (κ2) is 8.72. The van der Waals surface area contributed by atoms with Crippen molar-refractivity contribution < 1.29 is 40.3 Å². The van der Waals surface area contributed by atoms with Gasteiger partial charge in [-0.25, -0.2) is 23.3 Å². The Morgan fingerprint density at radius 3 is 2.56 bits per heavy atom. The van der Waals surface area contributed by atoms with Crippen LogP contribution in [-0.2, 0) is 32.3 Å². The summed E-state index contributed by atoms with van der Waals surface area (Å²) >= 11 is 0.951. The van der Waals surface area contributed by atoms with E-state index in [9.17, 15) is 31.2 Å². The number of carbonyl (C=O) groups excluding carboxylic acids is 2. The minimum absolute atomic E-state index is 0.0312. The first kappa shape index (κ1) is 23.4. The van der Waals surface area contributed by atoms with Crippen LogP contribution in [0.15, 0.2) is 51.3 Å². The average Bonchev–Trinajstić information content (AvgIpc) is 3.35. The molecular weight excluding hydrogens is 475 g/mol. The largest absolute Gasteiger partial charge is 0.453 e. The number of aromatic nitrogens is 1. The molecule has 2 heterocycles. The van der Waals surface area contributed by atoms with Crippen LogP contribution in [0, 0.1) is 0 Å². The number of nitrogens with two attached hydrogens (primary N) is 1. The van der Waals surface area contributed by atoms with E-state index in [-0.39, 0.29) is 23.1 Å². The summed E-state index contributed by atoms with van der Waals surface area (Å²) < 4.78 is 71.2. The fraction of sp³-hybridized carbons (Fsp3) is 0.167. The Kier molecular flexibility index (Phi) is 6.39. The first-order valence-corrected chi connectivity index (χ1v) is 11.0. The van der Waals surface area contributed by atoms with Crippen LogP contribution in [0.5, 0.6) is 0 Å². The molecular formula is C18H14F3N3O6S2. The van der Waals surface area contributed by atoms with Crippen molar-refractivity contribution in [2.45, 2.75) is 24.8 Å². The van der Waals surface area contributed by atoms with Gasteiger partial charge in [0.05, 0.1) is 16.9 Å². The topological polar surface area (TPSA) is 133 Å². The molecule has 0 atom stereocenters. The number of ether oxygens (including phenoxy) is 1. The van der Waals surface area contributed by atoms with Crippen LogP contribution in [-0.4, -0.2) is 25.3 Å². The lowest BCUT2D eigenvalue weighted by Crippen LogP contribution is -2.23. The molecule has 0 spiro atoms. The zero-order valence-corrected chi connectivity index (χ0v) is 17.8. The number of rotatable bonds is 6. The number of thiazole rings is 1. The molecule has 32 heavy (non-hydrogen) atoms. The molecule has 2 N–H and O–H groups in total. The van der Waals surface area contributed by atoms with Crippen molar-refractivity contribution in [3.63, 3.8) is 0 Å². The molecule has 14 heteroatoms. The molecule has 3 aromatic rings. The average molecular weight is 489 g/mol. The number of hydrogen-bond donors (Lipinski definition) is 1. The molecule has 0 saturated carbocycles. The quantitative estimate of drug-likeness (QED) is 0.525. The fourth-order valence-corrected chi connectivity index (χ4v) is 3.84. The molecule has 0 aliphatic rings. The number of esters is 1. The lowest BCUT2D eigenvalue weighted by Gasteiger charge is -2.19. The standard InChI is InChI=1S/C18H14F3N3O6S2/c1-10(25)24(13-4-2-3-11(7-13)18(19,20)21)17-23-12(9-31-17)8-29-16(26)14-5-6-15(30-14)32(22,27)28/h2-7,9H,8H2,1H3,(H2,22,27,28). The normalized spacial score (nSPS) is 11.9. The van der Waals surface area contributed by atoms with Crippen LogP contribution in [0.25, 0.3) is 0 Å². The van der Waals surface area contributed by atoms with E-state index in [0.717, 1.165) is 40.5 Å². The number of alkyl halides is 3. The SMILES string of the molecule is CC(=O)N(c1cccc(C(F)(F)F)c1)c1nc(COC(=O)c2ccc(S(N)(=O)=O)o2)cs1. The second-order valence-electron chi connectivity index (χ2n) is 6.26. The number of hydrogen-bond acceptors (Lipinski definition) is 8. The van der Waals surface area contributed by atoms with Gasteiger partial charge in [-0.05, 0) is 30.3 Å². The van der Waals surface area contributed by atoms with Crippen LogP contribution in [0.4, 0.5) is 24.0 Å². The smallest absolute Gasteiger partial charge is 0.416 e. The van der Waals surface area contributed by atoms with Gasteiger partial charge in [-0.2, -0.15) is 13.2 Å². The lowest BCUT2D eigenvalue weighted by atomic mass is 10.2. The van der Waals surface area contributed by atoms with E-state index in [4.69, 9.17) is 14.3 Å². The van der Waals surface area contributed by atoms with Crippen molar-refractivity contribution >= 4 is 44.1 Å². The zero-order valence-electron chi connectivity index (χ0n) is 16.1. The highest BCUT2D eigenvalue weighted by Crippen LogP contribution is 2.35. The molecule has 1 aromatic carbocycles. The minimum Gasteiger partial charge on any atom is -0.453 e. The molecule has 1 amide bonds. The summed E-state index contributed by atoms with van der Waals surface area (Å²) in [7, 11) is -4.13. The predicted octanol–water partition coefficient (Wildman–Crippen LogP) is 3.44. The summed E-state index contributed by atoms with van der Waals surface area (Å²) in [6.07, 6.45) is -4.59. The van der Waals surface area contributed by atoms with E-state index in [1.54, 1.807) is 0 Å². The van der Waals surface area contributed by atoms with Crippen LogP contribution in [0.2, 0.25) is 0 Å². The molecule has 0 radical (unpaired) electrons. The maximum absolute atomic E-state index is 13.0. The molecule has 0 aliphatic heterocycles. The molecule has 0 saturated heterocycles. The Bertz CT molecular complexity index is 1270. The number of primary sulfonamides is 1. The number of amides is 1. The Labute approximate surface area is 183 Å². The summed E-state index contributed by atoms with van der Waals surface area (Å²) in [5, 5.41) is 5.80. The van der Waals surface area contributed by atoms with Crippen LogP contribution < -0.4 is 10.0 Å². The van der Waals surface area contributed by atoms with E-state index >= 15 is 0 Å².